The van der Waals surface area contributed by atoms with E-state index in [1.165, 1.54) is 63.6 Å². The van der Waals surface area contributed by atoms with Crippen molar-refractivity contribution < 1.29 is 14.4 Å². The Labute approximate surface area is 202 Å². The summed E-state index contributed by atoms with van der Waals surface area (Å²) in [5, 5.41) is 5.92. The third kappa shape index (κ3) is 5.20. The summed E-state index contributed by atoms with van der Waals surface area (Å²) < 4.78 is 0. The topological polar surface area (TPSA) is 81.8 Å². The van der Waals surface area contributed by atoms with Gasteiger partial charge in [0, 0.05) is 25.1 Å². The molecule has 4 aliphatic heterocycles. The van der Waals surface area contributed by atoms with Gasteiger partial charge in [0.05, 0.1) is 0 Å². The molecule has 2 N–H and O–H groups in total. The number of nitrogens with zero attached hydrogens (tertiary/aromatic N) is 2. The molecule has 2 atom stereocenters. The minimum Gasteiger partial charge on any atom is -0.322 e. The van der Waals surface area contributed by atoms with Crippen LogP contribution in [0.5, 0.6) is 0 Å². The highest BCUT2D eigenvalue weighted by Crippen LogP contribution is 2.32. The second kappa shape index (κ2) is 10.6. The maximum Gasteiger partial charge on any atom is 0.255 e. The summed E-state index contributed by atoms with van der Waals surface area (Å²) in [4.78, 5) is 41.1. The fourth-order valence-corrected chi connectivity index (χ4v) is 6.34. The van der Waals surface area contributed by atoms with E-state index in [4.69, 9.17) is 0 Å². The average molecular weight is 467 g/mol. The van der Waals surface area contributed by atoms with E-state index in [1.807, 2.05) is 12.1 Å². The van der Waals surface area contributed by atoms with Crippen LogP contribution < -0.4 is 10.6 Å². The molecule has 3 saturated heterocycles. The van der Waals surface area contributed by atoms with E-state index in [9.17, 15) is 14.4 Å². The van der Waals surface area contributed by atoms with Crippen LogP contribution in [0, 0.1) is 11.8 Å². The molecule has 5 rings (SSSR count). The van der Waals surface area contributed by atoms with Gasteiger partial charge in [-0.15, -0.1) is 0 Å². The first-order valence-electron chi connectivity index (χ1n) is 13.3. The Kier molecular flexibility index (Phi) is 7.30. The van der Waals surface area contributed by atoms with Gasteiger partial charge in [-0.1, -0.05) is 25.0 Å². The van der Waals surface area contributed by atoms with Gasteiger partial charge in [0.2, 0.25) is 11.8 Å². The van der Waals surface area contributed by atoms with Crippen molar-refractivity contribution in [3.05, 3.63) is 34.9 Å². The van der Waals surface area contributed by atoms with Crippen molar-refractivity contribution in [2.45, 2.75) is 76.9 Å². The standard InChI is InChI=1S/C27H38N4O3/c32-25-10-9-24(26(33)29-25)31-18-23-21(7-2-8-22(23)27(31)34)17-30-14-11-19(12-15-30)4-1-5-20-6-3-13-28-16-20/h2,7-8,19-20,24,28H,1,3-6,9-18H2,(H,29,32,33). The van der Waals surface area contributed by atoms with E-state index in [-0.39, 0.29) is 24.1 Å². The fourth-order valence-electron chi connectivity index (χ4n) is 6.34. The molecule has 3 fully saturated rings. The molecule has 0 aromatic heterocycles. The number of rotatable bonds is 7. The minimum atomic E-state index is -0.550. The molecule has 0 radical (unpaired) electrons. The lowest BCUT2D eigenvalue weighted by atomic mass is 9.87. The van der Waals surface area contributed by atoms with Gasteiger partial charge in [-0.05, 0) is 93.7 Å². The Bertz CT molecular complexity index is 918. The van der Waals surface area contributed by atoms with E-state index in [0.717, 1.165) is 37.0 Å². The summed E-state index contributed by atoms with van der Waals surface area (Å²) in [6, 6.07) is 5.42. The molecule has 1 aromatic rings. The van der Waals surface area contributed by atoms with Gasteiger partial charge in [-0.2, -0.15) is 0 Å². The zero-order valence-electron chi connectivity index (χ0n) is 20.2. The van der Waals surface area contributed by atoms with E-state index in [1.54, 1.807) is 4.90 Å². The van der Waals surface area contributed by atoms with Gasteiger partial charge in [0.15, 0.2) is 0 Å². The molecule has 3 amide bonds. The molecule has 7 heteroatoms. The van der Waals surface area contributed by atoms with Gasteiger partial charge in [0.1, 0.15) is 6.04 Å². The molecule has 4 heterocycles. The molecule has 0 spiro atoms. The Morgan fingerprint density at radius 2 is 1.79 bits per heavy atom. The molecular weight excluding hydrogens is 428 g/mol. The van der Waals surface area contributed by atoms with Crippen molar-refractivity contribution in [2.24, 2.45) is 11.8 Å². The Hall–Kier alpha value is -2.25. The molecule has 1 aromatic carbocycles. The van der Waals surface area contributed by atoms with Crippen molar-refractivity contribution in [2.75, 3.05) is 26.2 Å². The number of hydrogen-bond acceptors (Lipinski definition) is 5. The number of carbonyl (C=O) groups excluding carboxylic acids is 3. The quantitative estimate of drug-likeness (QED) is 0.604. The number of fused-ring (bicyclic) bond motifs is 1. The van der Waals surface area contributed by atoms with Gasteiger partial charge in [-0.3, -0.25) is 24.6 Å². The van der Waals surface area contributed by atoms with Gasteiger partial charge in [-0.25, -0.2) is 0 Å². The molecule has 34 heavy (non-hydrogen) atoms. The van der Waals surface area contributed by atoms with Crippen LogP contribution in [-0.4, -0.2) is 59.7 Å². The molecule has 0 saturated carbocycles. The Morgan fingerprint density at radius 3 is 2.56 bits per heavy atom. The molecule has 2 unspecified atom stereocenters. The number of nitrogens with one attached hydrogen (secondary N) is 2. The van der Waals surface area contributed by atoms with Crippen LogP contribution in [0.2, 0.25) is 0 Å². The first-order chi connectivity index (χ1) is 16.6. The van der Waals surface area contributed by atoms with Crippen LogP contribution in [0.15, 0.2) is 18.2 Å². The third-order valence-corrected chi connectivity index (χ3v) is 8.40. The van der Waals surface area contributed by atoms with Crippen LogP contribution in [0.3, 0.4) is 0 Å². The highest BCUT2D eigenvalue weighted by Gasteiger charge is 2.39. The first kappa shape index (κ1) is 23.5. The van der Waals surface area contributed by atoms with Crippen LogP contribution >= 0.6 is 0 Å². The van der Waals surface area contributed by atoms with Crippen molar-refractivity contribution >= 4 is 17.7 Å². The van der Waals surface area contributed by atoms with Crippen molar-refractivity contribution in [1.82, 2.24) is 20.4 Å². The zero-order valence-corrected chi connectivity index (χ0v) is 20.2. The molecule has 7 nitrogen and oxygen atoms in total. The molecule has 0 bridgehead atoms. The molecule has 4 aliphatic rings. The summed E-state index contributed by atoms with van der Waals surface area (Å²) >= 11 is 0. The van der Waals surface area contributed by atoms with Crippen molar-refractivity contribution in [1.29, 1.82) is 0 Å². The largest absolute Gasteiger partial charge is 0.322 e. The van der Waals surface area contributed by atoms with Gasteiger partial charge >= 0.3 is 0 Å². The van der Waals surface area contributed by atoms with Crippen LogP contribution in [0.1, 0.15) is 79.3 Å². The van der Waals surface area contributed by atoms with Crippen molar-refractivity contribution in [3.63, 3.8) is 0 Å². The summed E-state index contributed by atoms with van der Waals surface area (Å²) in [7, 11) is 0. The number of piperidine rings is 3. The monoisotopic (exact) mass is 466 g/mol. The van der Waals surface area contributed by atoms with E-state index in [0.29, 0.717) is 18.5 Å². The molecule has 184 valence electrons. The highest BCUT2D eigenvalue weighted by atomic mass is 16.2. The summed E-state index contributed by atoms with van der Waals surface area (Å²) in [6.45, 7) is 5.96. The number of amides is 3. The number of benzene rings is 1. The maximum absolute atomic E-state index is 13.1. The molecular formula is C27H38N4O3. The smallest absolute Gasteiger partial charge is 0.255 e. The zero-order chi connectivity index (χ0) is 23.5. The summed E-state index contributed by atoms with van der Waals surface area (Å²) in [5.41, 5.74) is 2.97. The third-order valence-electron chi connectivity index (χ3n) is 8.40. The average Bonchev–Trinajstić information content (AvgIpc) is 3.18. The van der Waals surface area contributed by atoms with E-state index >= 15 is 0 Å². The van der Waals surface area contributed by atoms with Crippen LogP contribution in [0.25, 0.3) is 0 Å². The number of hydrogen-bond donors (Lipinski definition) is 2. The lowest BCUT2D eigenvalue weighted by Gasteiger charge is -2.33. The Balaban J connectivity index is 1.13. The summed E-state index contributed by atoms with van der Waals surface area (Å²) in [5.74, 6) is 1.05. The van der Waals surface area contributed by atoms with Gasteiger partial charge < -0.3 is 10.2 Å². The lowest BCUT2D eigenvalue weighted by Crippen LogP contribution is -2.52. The predicted molar refractivity (Wildman–Crippen MR) is 130 cm³/mol. The predicted octanol–water partition coefficient (Wildman–Crippen LogP) is 2.83. The second-order valence-electron chi connectivity index (χ2n) is 10.7. The fraction of sp³-hybridized carbons (Fsp3) is 0.667. The van der Waals surface area contributed by atoms with Gasteiger partial charge in [0.25, 0.3) is 5.91 Å². The lowest BCUT2D eigenvalue weighted by molar-refractivity contribution is -0.136. The minimum absolute atomic E-state index is 0.0850. The van der Waals surface area contributed by atoms with Crippen LogP contribution in [0.4, 0.5) is 0 Å². The Morgan fingerprint density at radius 1 is 0.971 bits per heavy atom. The number of likely N-dealkylation sites (tertiary alicyclic amines) is 1. The maximum atomic E-state index is 13.1. The molecule has 0 aliphatic carbocycles. The highest BCUT2D eigenvalue weighted by molar-refractivity contribution is 6.05. The van der Waals surface area contributed by atoms with E-state index < -0.39 is 6.04 Å². The first-order valence-corrected chi connectivity index (χ1v) is 13.3. The SMILES string of the molecule is O=C1CCC(N2Cc3c(CN4CCC(CCCC5CCCNC5)CC4)cccc3C2=O)C(=O)N1. The van der Waals surface area contributed by atoms with E-state index in [2.05, 4.69) is 21.6 Å². The van der Waals surface area contributed by atoms with Crippen LogP contribution in [-0.2, 0) is 22.7 Å². The normalized spacial score (nSPS) is 26.6. The second-order valence-corrected chi connectivity index (χ2v) is 10.7. The number of imide groups is 1. The summed E-state index contributed by atoms with van der Waals surface area (Å²) in [6.07, 6.45) is 10.1. The van der Waals surface area contributed by atoms with Crippen molar-refractivity contribution in [3.8, 4) is 0 Å². The number of carbonyl (C=O) groups is 3.